The summed E-state index contributed by atoms with van der Waals surface area (Å²) in [6, 6.07) is 7.31. The molecule has 0 amide bonds. The van der Waals surface area contributed by atoms with Crippen molar-refractivity contribution in [3.05, 3.63) is 29.8 Å². The summed E-state index contributed by atoms with van der Waals surface area (Å²) in [5, 5.41) is 0. The summed E-state index contributed by atoms with van der Waals surface area (Å²) in [6.07, 6.45) is 0.829. The van der Waals surface area contributed by atoms with Crippen molar-refractivity contribution < 1.29 is 9.22 Å². The molecule has 0 N–H and O–H groups in total. The van der Waals surface area contributed by atoms with Gasteiger partial charge in [-0.05, 0) is 31.8 Å². The molecular formula is C10H14O2Si. The van der Waals surface area contributed by atoms with Gasteiger partial charge < -0.3 is 4.43 Å². The van der Waals surface area contributed by atoms with Crippen LogP contribution >= 0.6 is 0 Å². The normalized spacial score (nSPS) is 11.0. The van der Waals surface area contributed by atoms with E-state index in [0.717, 1.165) is 6.29 Å². The maximum Gasteiger partial charge on any atom is 0.242 e. The van der Waals surface area contributed by atoms with Crippen LogP contribution in [0.25, 0.3) is 0 Å². The molecule has 0 saturated carbocycles. The molecule has 0 atom stereocenters. The average Bonchev–Trinajstić information content (AvgIpc) is 2.02. The van der Waals surface area contributed by atoms with Gasteiger partial charge in [-0.15, -0.1) is 0 Å². The van der Waals surface area contributed by atoms with Crippen molar-refractivity contribution in [1.82, 2.24) is 0 Å². The molecule has 0 bridgehead atoms. The van der Waals surface area contributed by atoms with Crippen molar-refractivity contribution in [2.75, 3.05) is 0 Å². The van der Waals surface area contributed by atoms with E-state index in [1.54, 1.807) is 6.07 Å². The number of carbonyl (C=O) groups excluding carboxylic acids is 1. The highest BCUT2D eigenvalue weighted by atomic mass is 28.4. The van der Waals surface area contributed by atoms with Crippen molar-refractivity contribution in [3.63, 3.8) is 0 Å². The molecule has 1 aromatic rings. The summed E-state index contributed by atoms with van der Waals surface area (Å²) in [7, 11) is -1.60. The largest absolute Gasteiger partial charge is 0.544 e. The molecule has 1 aromatic carbocycles. The minimum absolute atomic E-state index is 0.630. The van der Waals surface area contributed by atoms with Gasteiger partial charge in [-0.25, -0.2) is 0 Å². The molecule has 0 radical (unpaired) electrons. The molecule has 0 aliphatic rings. The Morgan fingerprint density at radius 2 is 1.85 bits per heavy atom. The van der Waals surface area contributed by atoms with E-state index in [2.05, 4.69) is 19.6 Å². The molecule has 0 saturated heterocycles. The molecule has 0 aliphatic heterocycles. The standard InChI is InChI=1S/C10H14O2Si/c1-13(2,3)12-10-7-5-4-6-9(10)8-11/h4-8H,1-3H3. The van der Waals surface area contributed by atoms with Gasteiger partial charge in [0.05, 0.1) is 5.56 Å². The molecule has 2 nitrogen and oxygen atoms in total. The third kappa shape index (κ3) is 3.03. The van der Waals surface area contributed by atoms with Crippen LogP contribution in [0.4, 0.5) is 0 Å². The molecule has 0 aromatic heterocycles. The second kappa shape index (κ2) is 3.74. The molecule has 1 rings (SSSR count). The molecule has 0 aliphatic carbocycles. The van der Waals surface area contributed by atoms with E-state index in [9.17, 15) is 4.79 Å². The summed E-state index contributed by atoms with van der Waals surface area (Å²) in [5.74, 6) is 0.705. The fourth-order valence-corrected chi connectivity index (χ4v) is 1.85. The lowest BCUT2D eigenvalue weighted by Crippen LogP contribution is -2.29. The van der Waals surface area contributed by atoms with Crippen LogP contribution in [0, 0.1) is 0 Å². The predicted octanol–water partition coefficient (Wildman–Crippen LogP) is 2.71. The fraction of sp³-hybridized carbons (Fsp3) is 0.300. The SMILES string of the molecule is C[Si](C)(C)Oc1ccccc1C=O. The summed E-state index contributed by atoms with van der Waals surface area (Å²) in [6.45, 7) is 6.28. The molecule has 0 spiro atoms. The first-order valence-corrected chi connectivity index (χ1v) is 7.67. The zero-order chi connectivity index (χ0) is 9.90. The molecule has 70 valence electrons. The number of para-hydroxylation sites is 1. The first kappa shape index (κ1) is 9.99. The molecule has 0 fully saturated rings. The van der Waals surface area contributed by atoms with Gasteiger partial charge in [0.15, 0.2) is 6.29 Å². The quantitative estimate of drug-likeness (QED) is 0.546. The van der Waals surface area contributed by atoms with Crippen LogP contribution in [0.2, 0.25) is 19.6 Å². The zero-order valence-electron chi connectivity index (χ0n) is 8.20. The Morgan fingerprint density at radius 1 is 1.23 bits per heavy atom. The maximum absolute atomic E-state index is 10.6. The molecule has 3 heteroatoms. The first-order valence-electron chi connectivity index (χ1n) is 4.26. The lowest BCUT2D eigenvalue weighted by atomic mass is 10.2. The van der Waals surface area contributed by atoms with Gasteiger partial charge in [0.25, 0.3) is 0 Å². The second-order valence-electron chi connectivity index (χ2n) is 3.87. The summed E-state index contributed by atoms with van der Waals surface area (Å²) >= 11 is 0. The minimum atomic E-state index is -1.60. The number of rotatable bonds is 3. The number of benzene rings is 1. The van der Waals surface area contributed by atoms with Crippen LogP contribution < -0.4 is 4.43 Å². The first-order chi connectivity index (χ1) is 6.03. The molecule has 0 unspecified atom stereocenters. The smallest absolute Gasteiger partial charge is 0.242 e. The second-order valence-corrected chi connectivity index (χ2v) is 8.30. The topological polar surface area (TPSA) is 26.3 Å². The van der Waals surface area contributed by atoms with Crippen molar-refractivity contribution in [3.8, 4) is 5.75 Å². The highest BCUT2D eigenvalue weighted by molar-refractivity contribution is 6.70. The molecular weight excluding hydrogens is 180 g/mol. The number of hydrogen-bond donors (Lipinski definition) is 0. The van der Waals surface area contributed by atoms with Gasteiger partial charge in [-0.1, -0.05) is 12.1 Å². The number of hydrogen-bond acceptors (Lipinski definition) is 2. The van der Waals surface area contributed by atoms with Crippen molar-refractivity contribution >= 4 is 14.6 Å². The fourth-order valence-electron chi connectivity index (χ4n) is 1.00. The van der Waals surface area contributed by atoms with Crippen LogP contribution in [0.3, 0.4) is 0 Å². The van der Waals surface area contributed by atoms with Crippen LogP contribution in [0.5, 0.6) is 5.75 Å². The Hall–Kier alpha value is -1.09. The molecule has 0 heterocycles. The lowest BCUT2D eigenvalue weighted by molar-refractivity contribution is 0.112. The third-order valence-corrected chi connectivity index (χ3v) is 2.29. The molecule has 13 heavy (non-hydrogen) atoms. The van der Waals surface area contributed by atoms with E-state index in [4.69, 9.17) is 4.43 Å². The van der Waals surface area contributed by atoms with Gasteiger partial charge in [-0.3, -0.25) is 4.79 Å². The number of aldehydes is 1. The van der Waals surface area contributed by atoms with E-state index in [1.165, 1.54) is 0 Å². The Kier molecular flexibility index (Phi) is 2.88. The van der Waals surface area contributed by atoms with Gasteiger partial charge in [-0.2, -0.15) is 0 Å². The third-order valence-electron chi connectivity index (χ3n) is 1.46. The van der Waals surface area contributed by atoms with Gasteiger partial charge >= 0.3 is 0 Å². The highest BCUT2D eigenvalue weighted by Gasteiger charge is 2.17. The Bertz CT molecular complexity index is 302. The van der Waals surface area contributed by atoms with E-state index in [1.807, 2.05) is 18.2 Å². The number of carbonyl (C=O) groups is 1. The lowest BCUT2D eigenvalue weighted by Gasteiger charge is -2.20. The minimum Gasteiger partial charge on any atom is -0.544 e. The van der Waals surface area contributed by atoms with E-state index < -0.39 is 8.32 Å². The Labute approximate surface area is 79.7 Å². The van der Waals surface area contributed by atoms with Crippen LogP contribution in [0.15, 0.2) is 24.3 Å². The van der Waals surface area contributed by atoms with Gasteiger partial charge in [0.1, 0.15) is 5.75 Å². The van der Waals surface area contributed by atoms with Crippen molar-refractivity contribution in [2.24, 2.45) is 0 Å². The Balaban J connectivity index is 2.94. The van der Waals surface area contributed by atoms with E-state index in [-0.39, 0.29) is 0 Å². The van der Waals surface area contributed by atoms with E-state index >= 15 is 0 Å². The van der Waals surface area contributed by atoms with Gasteiger partial charge in [0, 0.05) is 0 Å². The van der Waals surface area contributed by atoms with Crippen LogP contribution in [-0.2, 0) is 0 Å². The van der Waals surface area contributed by atoms with Gasteiger partial charge in [0.2, 0.25) is 8.32 Å². The van der Waals surface area contributed by atoms with Crippen molar-refractivity contribution in [2.45, 2.75) is 19.6 Å². The van der Waals surface area contributed by atoms with Crippen LogP contribution in [-0.4, -0.2) is 14.6 Å². The zero-order valence-corrected chi connectivity index (χ0v) is 9.20. The maximum atomic E-state index is 10.6. The summed E-state index contributed by atoms with van der Waals surface area (Å²) in [4.78, 5) is 10.6. The summed E-state index contributed by atoms with van der Waals surface area (Å²) in [5.41, 5.74) is 0.630. The predicted molar refractivity (Wildman–Crippen MR) is 55.8 cm³/mol. The van der Waals surface area contributed by atoms with Crippen LogP contribution in [0.1, 0.15) is 10.4 Å². The highest BCUT2D eigenvalue weighted by Crippen LogP contribution is 2.19. The van der Waals surface area contributed by atoms with Crippen molar-refractivity contribution in [1.29, 1.82) is 0 Å². The Morgan fingerprint density at radius 3 is 2.38 bits per heavy atom. The summed E-state index contributed by atoms with van der Waals surface area (Å²) < 4.78 is 5.73. The van der Waals surface area contributed by atoms with E-state index in [0.29, 0.717) is 11.3 Å². The monoisotopic (exact) mass is 194 g/mol. The average molecular weight is 194 g/mol.